The molecule has 2 aromatic rings. The lowest BCUT2D eigenvalue weighted by Gasteiger charge is -2.07. The molecule has 0 unspecified atom stereocenters. The first kappa shape index (κ1) is 12.3. The van der Waals surface area contributed by atoms with E-state index in [0.29, 0.717) is 5.56 Å². The van der Waals surface area contributed by atoms with Gasteiger partial charge in [-0.1, -0.05) is 30.3 Å². The minimum Gasteiger partial charge on any atom is -0.464 e. The van der Waals surface area contributed by atoms with Gasteiger partial charge in [0.2, 0.25) is 0 Å². The second-order valence-electron chi connectivity index (χ2n) is 3.75. The molecule has 4 heteroatoms. The number of aliphatic hydroxyl groups excluding tert-OH is 1. The maximum absolute atomic E-state index is 11.6. The molecule has 0 spiro atoms. The number of hydrogen-bond acceptors (Lipinski definition) is 4. The lowest BCUT2D eigenvalue weighted by atomic mass is 10.0. The molecular formula is C14H13NO3. The molecule has 4 nitrogen and oxygen atoms in total. The molecule has 0 amide bonds. The quantitative estimate of drug-likeness (QED) is 0.838. The third-order valence-electron chi connectivity index (χ3n) is 2.63. The van der Waals surface area contributed by atoms with Gasteiger partial charge in [0, 0.05) is 11.8 Å². The zero-order valence-electron chi connectivity index (χ0n) is 9.96. The Labute approximate surface area is 105 Å². The molecule has 0 aliphatic heterocycles. The highest BCUT2D eigenvalue weighted by atomic mass is 16.5. The summed E-state index contributed by atoms with van der Waals surface area (Å²) in [5.41, 5.74) is 2.69. The number of rotatable bonds is 3. The number of aromatic nitrogens is 1. The Morgan fingerprint density at radius 1 is 1.28 bits per heavy atom. The zero-order chi connectivity index (χ0) is 13.0. The van der Waals surface area contributed by atoms with Crippen LogP contribution in [0, 0.1) is 0 Å². The van der Waals surface area contributed by atoms with E-state index in [1.807, 2.05) is 30.3 Å². The van der Waals surface area contributed by atoms with Gasteiger partial charge in [0.05, 0.1) is 13.7 Å². The van der Waals surface area contributed by atoms with Gasteiger partial charge in [-0.15, -0.1) is 0 Å². The van der Waals surface area contributed by atoms with Gasteiger partial charge in [0.1, 0.15) is 0 Å². The lowest BCUT2D eigenvalue weighted by molar-refractivity contribution is 0.0595. The Bertz CT molecular complexity index is 549. The van der Waals surface area contributed by atoms with Gasteiger partial charge in [0.15, 0.2) is 5.69 Å². The number of nitrogens with zero attached hydrogens (tertiary/aromatic N) is 1. The molecule has 1 aromatic heterocycles. The van der Waals surface area contributed by atoms with E-state index in [2.05, 4.69) is 4.98 Å². The molecule has 1 N–H and O–H groups in total. The molecule has 92 valence electrons. The molecule has 0 aliphatic rings. The van der Waals surface area contributed by atoms with Crippen molar-refractivity contribution in [2.45, 2.75) is 6.61 Å². The predicted molar refractivity (Wildman–Crippen MR) is 66.9 cm³/mol. The molecule has 0 atom stereocenters. The van der Waals surface area contributed by atoms with Gasteiger partial charge < -0.3 is 9.84 Å². The van der Waals surface area contributed by atoms with Crippen molar-refractivity contribution in [3.05, 3.63) is 53.9 Å². The molecule has 1 heterocycles. The molecule has 2 rings (SSSR count). The number of pyridine rings is 1. The third kappa shape index (κ3) is 2.38. The number of methoxy groups -OCH3 is 1. The Kier molecular flexibility index (Phi) is 3.69. The second-order valence-corrected chi connectivity index (χ2v) is 3.75. The SMILES string of the molecule is COC(=O)c1ncccc1-c1ccc(CO)cc1. The van der Waals surface area contributed by atoms with Gasteiger partial charge in [-0.25, -0.2) is 9.78 Å². The Morgan fingerprint density at radius 2 is 2.00 bits per heavy atom. The molecule has 0 saturated carbocycles. The highest BCUT2D eigenvalue weighted by molar-refractivity contribution is 5.95. The predicted octanol–water partition coefficient (Wildman–Crippen LogP) is 2.03. The lowest BCUT2D eigenvalue weighted by Crippen LogP contribution is -2.06. The Morgan fingerprint density at radius 3 is 2.61 bits per heavy atom. The summed E-state index contributed by atoms with van der Waals surface area (Å²) in [5, 5.41) is 8.99. The first-order valence-electron chi connectivity index (χ1n) is 5.49. The van der Waals surface area contributed by atoms with Gasteiger partial charge in [-0.2, -0.15) is 0 Å². The van der Waals surface area contributed by atoms with E-state index in [9.17, 15) is 4.79 Å². The van der Waals surface area contributed by atoms with Gasteiger partial charge in [0.25, 0.3) is 0 Å². The molecule has 0 fully saturated rings. The average Bonchev–Trinajstić information content (AvgIpc) is 2.46. The number of benzene rings is 1. The summed E-state index contributed by atoms with van der Waals surface area (Å²) in [6.07, 6.45) is 1.55. The summed E-state index contributed by atoms with van der Waals surface area (Å²) >= 11 is 0. The maximum atomic E-state index is 11.6. The van der Waals surface area contributed by atoms with Crippen LogP contribution >= 0.6 is 0 Å². The van der Waals surface area contributed by atoms with E-state index >= 15 is 0 Å². The smallest absolute Gasteiger partial charge is 0.357 e. The van der Waals surface area contributed by atoms with Crippen LogP contribution < -0.4 is 0 Å². The van der Waals surface area contributed by atoms with E-state index in [1.54, 1.807) is 12.3 Å². The highest BCUT2D eigenvalue weighted by Crippen LogP contribution is 2.23. The van der Waals surface area contributed by atoms with Crippen molar-refractivity contribution in [3.8, 4) is 11.1 Å². The van der Waals surface area contributed by atoms with Crippen LogP contribution in [0.3, 0.4) is 0 Å². The fourth-order valence-electron chi connectivity index (χ4n) is 1.69. The fraction of sp³-hybridized carbons (Fsp3) is 0.143. The normalized spacial score (nSPS) is 10.1. The van der Waals surface area contributed by atoms with E-state index in [0.717, 1.165) is 11.1 Å². The van der Waals surface area contributed by atoms with Crippen LogP contribution in [0.1, 0.15) is 16.1 Å². The van der Waals surface area contributed by atoms with Crippen LogP contribution in [0.2, 0.25) is 0 Å². The molecule has 0 saturated heterocycles. The second kappa shape index (κ2) is 5.42. The number of carbonyl (C=O) groups excluding carboxylic acids is 1. The van der Waals surface area contributed by atoms with Crippen molar-refractivity contribution in [1.82, 2.24) is 4.98 Å². The van der Waals surface area contributed by atoms with Crippen LogP contribution in [0.15, 0.2) is 42.6 Å². The van der Waals surface area contributed by atoms with Gasteiger partial charge >= 0.3 is 5.97 Å². The standard InChI is InChI=1S/C14H13NO3/c1-18-14(17)13-12(3-2-8-15-13)11-6-4-10(9-16)5-7-11/h2-8,16H,9H2,1H3. The average molecular weight is 243 g/mol. The number of ether oxygens (including phenoxy) is 1. The van der Waals surface area contributed by atoms with Crippen molar-refractivity contribution >= 4 is 5.97 Å². The summed E-state index contributed by atoms with van der Waals surface area (Å²) in [6.45, 7) is -0.00280. The molecular weight excluding hydrogens is 230 g/mol. The van der Waals surface area contributed by atoms with E-state index in [4.69, 9.17) is 9.84 Å². The summed E-state index contributed by atoms with van der Waals surface area (Å²) < 4.78 is 4.70. The number of esters is 1. The van der Waals surface area contributed by atoms with Crippen LogP contribution in [-0.2, 0) is 11.3 Å². The molecule has 0 aliphatic carbocycles. The third-order valence-corrected chi connectivity index (χ3v) is 2.63. The van der Waals surface area contributed by atoms with E-state index < -0.39 is 5.97 Å². The van der Waals surface area contributed by atoms with Gasteiger partial charge in [-0.3, -0.25) is 0 Å². The zero-order valence-corrected chi connectivity index (χ0v) is 9.96. The largest absolute Gasteiger partial charge is 0.464 e. The summed E-state index contributed by atoms with van der Waals surface area (Å²) in [7, 11) is 1.33. The van der Waals surface area contributed by atoms with Crippen molar-refractivity contribution in [2.75, 3.05) is 7.11 Å². The van der Waals surface area contributed by atoms with Crippen molar-refractivity contribution in [2.24, 2.45) is 0 Å². The van der Waals surface area contributed by atoms with Crippen LogP contribution in [0.4, 0.5) is 0 Å². The summed E-state index contributed by atoms with van der Waals surface area (Å²) in [6, 6.07) is 10.9. The van der Waals surface area contributed by atoms with Crippen molar-refractivity contribution < 1.29 is 14.6 Å². The van der Waals surface area contributed by atoms with E-state index in [-0.39, 0.29) is 12.3 Å². The minimum absolute atomic E-state index is 0.00280. The molecule has 0 radical (unpaired) electrons. The van der Waals surface area contributed by atoms with Crippen LogP contribution in [0.25, 0.3) is 11.1 Å². The van der Waals surface area contributed by atoms with Crippen LogP contribution in [0.5, 0.6) is 0 Å². The Hall–Kier alpha value is -2.20. The van der Waals surface area contributed by atoms with E-state index in [1.165, 1.54) is 7.11 Å². The van der Waals surface area contributed by atoms with Crippen molar-refractivity contribution in [3.63, 3.8) is 0 Å². The molecule has 1 aromatic carbocycles. The van der Waals surface area contributed by atoms with Crippen molar-refractivity contribution in [1.29, 1.82) is 0 Å². The first-order valence-corrected chi connectivity index (χ1v) is 5.49. The van der Waals surface area contributed by atoms with Gasteiger partial charge in [-0.05, 0) is 17.2 Å². The monoisotopic (exact) mass is 243 g/mol. The molecule has 0 bridgehead atoms. The highest BCUT2D eigenvalue weighted by Gasteiger charge is 2.13. The summed E-state index contributed by atoms with van der Waals surface area (Å²) in [4.78, 5) is 15.7. The topological polar surface area (TPSA) is 59.4 Å². The number of aliphatic hydroxyl groups is 1. The number of hydrogen-bond donors (Lipinski definition) is 1. The summed E-state index contributed by atoms with van der Waals surface area (Å²) in [5.74, 6) is -0.461. The number of carbonyl (C=O) groups is 1. The maximum Gasteiger partial charge on any atom is 0.357 e. The van der Waals surface area contributed by atoms with Crippen LogP contribution in [-0.4, -0.2) is 23.2 Å². The minimum atomic E-state index is -0.461. The first-order chi connectivity index (χ1) is 8.76. The fourth-order valence-corrected chi connectivity index (χ4v) is 1.69. The Balaban J connectivity index is 2.46. The molecule has 18 heavy (non-hydrogen) atoms.